The van der Waals surface area contributed by atoms with E-state index in [4.69, 9.17) is 14.3 Å². The Balaban J connectivity index is 1.41. The van der Waals surface area contributed by atoms with Crippen LogP contribution in [-0.4, -0.2) is 48.1 Å². The number of aromatic nitrogens is 2. The van der Waals surface area contributed by atoms with E-state index in [1.54, 1.807) is 29.7 Å². The maximum absolute atomic E-state index is 13.7. The molecule has 1 unspecified atom stereocenters. The average molecular weight is 664 g/mol. The molecule has 232 valence electrons. The predicted molar refractivity (Wildman–Crippen MR) is 174 cm³/mol. The van der Waals surface area contributed by atoms with Crippen LogP contribution in [0.1, 0.15) is 22.9 Å². The highest BCUT2D eigenvalue weighted by atomic mass is 32.2. The van der Waals surface area contributed by atoms with Crippen LogP contribution in [0.2, 0.25) is 0 Å². The molecule has 2 aromatic carbocycles. The summed E-state index contributed by atoms with van der Waals surface area (Å²) >= 11 is 3.01. The number of rotatable bonds is 12. The number of nitrogens with one attached hydrogen (secondary N) is 3. The summed E-state index contributed by atoms with van der Waals surface area (Å²) in [6, 6.07) is 23.9. The normalized spacial score (nSPS) is 12.6. The molecule has 0 aliphatic rings. The van der Waals surface area contributed by atoms with E-state index in [0.717, 1.165) is 31.6 Å². The van der Waals surface area contributed by atoms with Crippen molar-refractivity contribution in [2.45, 2.75) is 24.9 Å². The van der Waals surface area contributed by atoms with Crippen molar-refractivity contribution in [1.29, 1.82) is 0 Å². The Hall–Kier alpha value is -4.63. The van der Waals surface area contributed by atoms with Crippen LogP contribution in [0, 0.1) is 0 Å². The Labute approximate surface area is 268 Å². The van der Waals surface area contributed by atoms with Gasteiger partial charge in [0.05, 0.1) is 40.0 Å². The number of ether oxygens (including phenoxy) is 1. The summed E-state index contributed by atoms with van der Waals surface area (Å²) in [7, 11) is -3.19. The first-order valence-corrected chi connectivity index (χ1v) is 16.8. The fourth-order valence-corrected chi connectivity index (χ4v) is 6.88. The number of thiophene rings is 1. The highest BCUT2D eigenvalue weighted by molar-refractivity contribution is 7.87. The summed E-state index contributed by atoms with van der Waals surface area (Å²) < 4.78 is 38.3. The lowest BCUT2D eigenvalue weighted by molar-refractivity contribution is -0.123. The first-order chi connectivity index (χ1) is 21.7. The van der Waals surface area contributed by atoms with Gasteiger partial charge in [-0.25, -0.2) is 9.78 Å². The maximum Gasteiger partial charge on any atom is 0.407 e. The van der Waals surface area contributed by atoms with E-state index in [1.165, 1.54) is 30.6 Å². The number of benzene rings is 2. The number of amides is 2. The Morgan fingerprint density at radius 1 is 0.889 bits per heavy atom. The van der Waals surface area contributed by atoms with E-state index < -0.39 is 34.4 Å². The third-order valence-electron chi connectivity index (χ3n) is 6.65. The summed E-state index contributed by atoms with van der Waals surface area (Å²) in [6.45, 7) is 0. The third kappa shape index (κ3) is 8.95. The molecule has 0 spiro atoms. The molecule has 0 saturated heterocycles. The average Bonchev–Trinajstić information content (AvgIpc) is 3.72. The van der Waals surface area contributed by atoms with Gasteiger partial charge in [0, 0.05) is 18.0 Å². The van der Waals surface area contributed by atoms with Crippen molar-refractivity contribution in [3.05, 3.63) is 113 Å². The van der Waals surface area contributed by atoms with Gasteiger partial charge >= 0.3 is 16.4 Å². The largest absolute Gasteiger partial charge is 0.453 e. The molecule has 3 aromatic heterocycles. The van der Waals surface area contributed by atoms with Crippen LogP contribution in [0.5, 0.6) is 0 Å². The van der Waals surface area contributed by atoms with E-state index in [1.807, 2.05) is 70.8 Å². The first-order valence-electron chi connectivity index (χ1n) is 13.7. The third-order valence-corrected chi connectivity index (χ3v) is 9.28. The molecule has 45 heavy (non-hydrogen) atoms. The summed E-state index contributed by atoms with van der Waals surface area (Å²) in [5.41, 5.74) is 3.29. The van der Waals surface area contributed by atoms with Gasteiger partial charge in [0.2, 0.25) is 5.91 Å². The second-order valence-corrected chi connectivity index (χ2v) is 13.0. The minimum absolute atomic E-state index is 0.185. The molecule has 2 amide bonds. The molecule has 5 rings (SSSR count). The second-order valence-electron chi connectivity index (χ2n) is 9.87. The Bertz CT molecular complexity index is 1850. The van der Waals surface area contributed by atoms with Crippen molar-refractivity contribution < 1.29 is 27.3 Å². The van der Waals surface area contributed by atoms with Gasteiger partial charge in [-0.05, 0) is 53.9 Å². The summed E-state index contributed by atoms with van der Waals surface area (Å²) in [6.07, 6.45) is 1.55. The predicted octanol–water partition coefficient (Wildman–Crippen LogP) is 5.52. The zero-order chi connectivity index (χ0) is 31.8. The highest BCUT2D eigenvalue weighted by Gasteiger charge is 2.26. The molecule has 5 aromatic rings. The molecule has 2 atom stereocenters. The van der Waals surface area contributed by atoms with Crippen LogP contribution in [0.25, 0.3) is 20.5 Å². The molecule has 11 nitrogen and oxygen atoms in total. The summed E-state index contributed by atoms with van der Waals surface area (Å²) in [4.78, 5) is 37.1. The van der Waals surface area contributed by atoms with Crippen molar-refractivity contribution in [3.63, 3.8) is 0 Å². The van der Waals surface area contributed by atoms with Crippen molar-refractivity contribution in [2.75, 3.05) is 11.8 Å². The fourth-order valence-electron chi connectivity index (χ4n) is 4.51. The van der Waals surface area contributed by atoms with Crippen LogP contribution in [0.15, 0.2) is 96.5 Å². The molecular formula is C31H29N5O6S3. The lowest BCUT2D eigenvalue weighted by atomic mass is 10.0. The first kappa shape index (κ1) is 31.8. The topological polar surface area (TPSA) is 160 Å². The van der Waals surface area contributed by atoms with Gasteiger partial charge in [-0.1, -0.05) is 48.5 Å². The van der Waals surface area contributed by atoms with Crippen molar-refractivity contribution in [2.24, 2.45) is 0 Å². The minimum atomic E-state index is -4.42. The molecule has 0 fully saturated rings. The van der Waals surface area contributed by atoms with Gasteiger partial charge in [-0.3, -0.25) is 19.1 Å². The van der Waals surface area contributed by atoms with Gasteiger partial charge in [0.1, 0.15) is 11.0 Å². The standard InChI is InChI=1S/C31H29N5O6S3/c1-42-31(38)35-25(18-20-7-3-2-4-8-20)29(37)33-24(17-21-10-12-22(13-11-21)36-45(39,40)41)26-19-43-30(34-26)28-15-14-27(44-28)23-9-5-6-16-32-23/h2-16,19,24-25,36H,17-18H2,1H3,(H,33,37)(H,35,38)(H,39,40,41)/t24?,25-/m0/s1. The number of carbonyl (C=O) groups is 2. The summed E-state index contributed by atoms with van der Waals surface area (Å²) in [5, 5.41) is 8.35. The van der Waals surface area contributed by atoms with Crippen LogP contribution in [0.3, 0.4) is 0 Å². The number of nitrogens with zero attached hydrogens (tertiary/aromatic N) is 2. The summed E-state index contributed by atoms with van der Waals surface area (Å²) in [5.74, 6) is -0.429. The van der Waals surface area contributed by atoms with Crippen molar-refractivity contribution in [1.82, 2.24) is 20.6 Å². The molecule has 0 aliphatic heterocycles. The monoisotopic (exact) mass is 663 g/mol. The van der Waals surface area contributed by atoms with Crippen molar-refractivity contribution in [3.8, 4) is 20.5 Å². The smallest absolute Gasteiger partial charge is 0.407 e. The molecule has 14 heteroatoms. The number of pyridine rings is 1. The number of anilines is 1. The lowest BCUT2D eigenvalue weighted by Gasteiger charge is -2.23. The zero-order valence-electron chi connectivity index (χ0n) is 23.9. The van der Waals surface area contributed by atoms with E-state index in [9.17, 15) is 18.0 Å². The Morgan fingerprint density at radius 2 is 1.60 bits per heavy atom. The number of thiazole rings is 1. The van der Waals surface area contributed by atoms with Gasteiger partial charge in [0.25, 0.3) is 0 Å². The van der Waals surface area contributed by atoms with E-state index in [-0.39, 0.29) is 12.1 Å². The number of methoxy groups -OCH3 is 1. The number of alkyl carbamates (subject to hydrolysis) is 1. The second kappa shape index (κ2) is 14.4. The molecule has 0 bridgehead atoms. The maximum atomic E-state index is 13.7. The molecular weight excluding hydrogens is 635 g/mol. The fraction of sp³-hybridized carbons (Fsp3) is 0.161. The Morgan fingerprint density at radius 3 is 2.29 bits per heavy atom. The van der Waals surface area contributed by atoms with E-state index >= 15 is 0 Å². The van der Waals surface area contributed by atoms with Crippen LogP contribution < -0.4 is 15.4 Å². The Kier molecular flexibility index (Phi) is 10.2. The van der Waals surface area contributed by atoms with Gasteiger partial charge < -0.3 is 15.4 Å². The molecule has 4 N–H and O–H groups in total. The minimum Gasteiger partial charge on any atom is -0.453 e. The van der Waals surface area contributed by atoms with Gasteiger partial charge in [-0.15, -0.1) is 22.7 Å². The molecule has 0 radical (unpaired) electrons. The number of carbonyl (C=O) groups excluding carboxylic acids is 2. The van der Waals surface area contributed by atoms with Crippen LogP contribution >= 0.6 is 22.7 Å². The van der Waals surface area contributed by atoms with Crippen molar-refractivity contribution >= 4 is 50.7 Å². The van der Waals surface area contributed by atoms with Gasteiger partial charge in [-0.2, -0.15) is 8.42 Å². The number of hydrogen-bond donors (Lipinski definition) is 4. The SMILES string of the molecule is COC(=O)N[C@@H](Cc1ccccc1)C(=O)NC(Cc1ccc(NS(=O)(=O)O)cc1)c1csc(-c2ccc(-c3ccccn3)s2)n1. The van der Waals surface area contributed by atoms with Gasteiger partial charge in [0.15, 0.2) is 0 Å². The van der Waals surface area contributed by atoms with E-state index in [0.29, 0.717) is 12.1 Å². The molecule has 3 heterocycles. The quantitative estimate of drug-likeness (QED) is 0.127. The molecule has 0 saturated carbocycles. The lowest BCUT2D eigenvalue weighted by Crippen LogP contribution is -2.49. The van der Waals surface area contributed by atoms with Crippen LogP contribution in [-0.2, 0) is 32.7 Å². The zero-order valence-corrected chi connectivity index (χ0v) is 26.4. The van der Waals surface area contributed by atoms with E-state index in [2.05, 4.69) is 15.6 Å². The van der Waals surface area contributed by atoms with Crippen LogP contribution in [0.4, 0.5) is 10.5 Å². The molecule has 0 aliphatic carbocycles. The highest BCUT2D eigenvalue weighted by Crippen LogP contribution is 2.36. The number of hydrogen-bond acceptors (Lipinski definition) is 9.